The lowest BCUT2D eigenvalue weighted by Gasteiger charge is -2.17. The highest BCUT2D eigenvalue weighted by Crippen LogP contribution is 2.19. The van der Waals surface area contributed by atoms with E-state index in [1.54, 1.807) is 12.1 Å². The smallest absolute Gasteiger partial charge is 0.262 e. The van der Waals surface area contributed by atoms with Crippen LogP contribution in [0.2, 0.25) is 0 Å². The Bertz CT molecular complexity index is 786. The van der Waals surface area contributed by atoms with Crippen molar-refractivity contribution in [2.75, 3.05) is 0 Å². The van der Waals surface area contributed by atoms with E-state index in [-0.39, 0.29) is 17.4 Å². The van der Waals surface area contributed by atoms with Crippen molar-refractivity contribution in [1.29, 1.82) is 5.26 Å². The van der Waals surface area contributed by atoms with Crippen LogP contribution in [0.4, 0.5) is 0 Å². The summed E-state index contributed by atoms with van der Waals surface area (Å²) in [5.41, 5.74) is 2.77. The van der Waals surface area contributed by atoms with Gasteiger partial charge in [0.2, 0.25) is 0 Å². The molecule has 1 amide bonds. The van der Waals surface area contributed by atoms with E-state index in [0.29, 0.717) is 5.56 Å². The molecule has 0 aliphatic rings. The van der Waals surface area contributed by atoms with Gasteiger partial charge < -0.3 is 10.4 Å². The molecule has 2 aromatic rings. The molecule has 0 fully saturated rings. The van der Waals surface area contributed by atoms with E-state index in [4.69, 9.17) is 0 Å². The lowest BCUT2D eigenvalue weighted by atomic mass is 10.0. The van der Waals surface area contributed by atoms with Crippen LogP contribution < -0.4 is 5.32 Å². The molecule has 122 valence electrons. The number of nitriles is 1. The molecule has 0 radical (unpaired) electrons. The first-order valence-electron chi connectivity index (χ1n) is 7.81. The zero-order valence-corrected chi connectivity index (χ0v) is 13.8. The maximum atomic E-state index is 12.4. The first-order chi connectivity index (χ1) is 11.5. The predicted molar refractivity (Wildman–Crippen MR) is 94.1 cm³/mol. The minimum absolute atomic E-state index is 0.00571. The van der Waals surface area contributed by atoms with E-state index in [9.17, 15) is 15.2 Å². The van der Waals surface area contributed by atoms with Crippen LogP contribution >= 0.6 is 0 Å². The number of nitrogens with one attached hydrogen (secondary N) is 1. The van der Waals surface area contributed by atoms with Crippen LogP contribution in [0.15, 0.2) is 54.1 Å². The molecular weight excluding hydrogens is 300 g/mol. The SMILES string of the molecule is CCC(NC(=O)/C(C#N)=C/c1cccc(O)c1)c1ccc(C)cc1. The van der Waals surface area contributed by atoms with Crippen molar-refractivity contribution < 1.29 is 9.90 Å². The molecule has 0 aromatic heterocycles. The zero-order valence-electron chi connectivity index (χ0n) is 13.8. The number of aromatic hydroxyl groups is 1. The van der Waals surface area contributed by atoms with Crippen LogP contribution in [0.25, 0.3) is 6.08 Å². The Morgan fingerprint density at radius 3 is 2.58 bits per heavy atom. The fraction of sp³-hybridized carbons (Fsp3) is 0.200. The fourth-order valence-corrected chi connectivity index (χ4v) is 2.39. The first-order valence-corrected chi connectivity index (χ1v) is 7.81. The van der Waals surface area contributed by atoms with Crippen molar-refractivity contribution in [1.82, 2.24) is 5.32 Å². The molecule has 1 atom stereocenters. The van der Waals surface area contributed by atoms with Crippen molar-refractivity contribution in [3.63, 3.8) is 0 Å². The minimum atomic E-state index is -0.423. The van der Waals surface area contributed by atoms with E-state index in [2.05, 4.69) is 5.32 Å². The highest BCUT2D eigenvalue weighted by molar-refractivity contribution is 6.01. The molecule has 0 saturated carbocycles. The van der Waals surface area contributed by atoms with Crippen molar-refractivity contribution in [2.45, 2.75) is 26.3 Å². The van der Waals surface area contributed by atoms with Crippen LogP contribution in [-0.2, 0) is 4.79 Å². The van der Waals surface area contributed by atoms with Gasteiger partial charge in [0.1, 0.15) is 17.4 Å². The van der Waals surface area contributed by atoms with Gasteiger partial charge in [0, 0.05) is 0 Å². The van der Waals surface area contributed by atoms with Crippen LogP contribution in [0, 0.1) is 18.3 Å². The van der Waals surface area contributed by atoms with Crippen molar-refractivity contribution in [3.05, 3.63) is 70.8 Å². The summed E-state index contributed by atoms with van der Waals surface area (Å²) in [7, 11) is 0. The van der Waals surface area contributed by atoms with Gasteiger partial charge in [-0.25, -0.2) is 0 Å². The zero-order chi connectivity index (χ0) is 17.5. The van der Waals surface area contributed by atoms with Gasteiger partial charge in [-0.3, -0.25) is 4.79 Å². The van der Waals surface area contributed by atoms with E-state index in [1.165, 1.54) is 18.2 Å². The number of aryl methyl sites for hydroxylation is 1. The third-order valence-corrected chi connectivity index (χ3v) is 3.74. The summed E-state index contributed by atoms with van der Waals surface area (Å²) in [5.74, 6) is -0.333. The molecule has 0 heterocycles. The normalized spacial score (nSPS) is 12.3. The van der Waals surface area contributed by atoms with Crippen molar-refractivity contribution in [3.8, 4) is 11.8 Å². The summed E-state index contributed by atoms with van der Waals surface area (Å²) >= 11 is 0. The molecule has 0 saturated heterocycles. The summed E-state index contributed by atoms with van der Waals surface area (Å²) in [6.07, 6.45) is 2.19. The van der Waals surface area contributed by atoms with Crippen LogP contribution in [-0.4, -0.2) is 11.0 Å². The van der Waals surface area contributed by atoms with Gasteiger partial charge in [0.05, 0.1) is 6.04 Å². The van der Waals surface area contributed by atoms with Gasteiger partial charge in [-0.05, 0) is 42.7 Å². The molecule has 0 aliphatic heterocycles. The Morgan fingerprint density at radius 2 is 2.00 bits per heavy atom. The number of benzene rings is 2. The average Bonchev–Trinajstić information content (AvgIpc) is 2.58. The van der Waals surface area contributed by atoms with E-state index in [1.807, 2.05) is 44.2 Å². The second kappa shape index (κ2) is 7.98. The Hall–Kier alpha value is -3.06. The number of amides is 1. The van der Waals surface area contributed by atoms with Gasteiger partial charge in [-0.1, -0.05) is 48.9 Å². The Kier molecular flexibility index (Phi) is 5.75. The topological polar surface area (TPSA) is 73.1 Å². The van der Waals surface area contributed by atoms with Crippen LogP contribution in [0.1, 0.15) is 36.1 Å². The molecule has 24 heavy (non-hydrogen) atoms. The summed E-state index contributed by atoms with van der Waals surface area (Å²) in [6.45, 7) is 3.99. The standard InChI is InChI=1S/C20H20N2O2/c1-3-19(16-9-7-14(2)8-10-16)22-20(24)17(13-21)11-15-5-4-6-18(23)12-15/h4-12,19,23H,3H2,1-2H3,(H,22,24)/b17-11+. The predicted octanol–water partition coefficient (Wildman–Crippen LogP) is 3.88. The molecule has 0 bridgehead atoms. The second-order valence-electron chi connectivity index (χ2n) is 5.61. The number of carbonyl (C=O) groups is 1. The Balaban J connectivity index is 2.19. The fourth-order valence-electron chi connectivity index (χ4n) is 2.39. The second-order valence-corrected chi connectivity index (χ2v) is 5.61. The number of nitrogens with zero attached hydrogens (tertiary/aromatic N) is 1. The molecule has 0 spiro atoms. The maximum Gasteiger partial charge on any atom is 0.262 e. The highest BCUT2D eigenvalue weighted by atomic mass is 16.3. The van der Waals surface area contributed by atoms with Gasteiger partial charge in [0.25, 0.3) is 5.91 Å². The molecule has 2 rings (SSSR count). The third-order valence-electron chi connectivity index (χ3n) is 3.74. The summed E-state index contributed by atoms with van der Waals surface area (Å²) in [6, 6.07) is 16.2. The average molecular weight is 320 g/mol. The van der Waals surface area contributed by atoms with Gasteiger partial charge in [-0.15, -0.1) is 0 Å². The number of rotatable bonds is 5. The molecule has 4 heteroatoms. The monoisotopic (exact) mass is 320 g/mol. The third kappa shape index (κ3) is 4.47. The summed E-state index contributed by atoms with van der Waals surface area (Å²) in [4.78, 5) is 12.4. The Morgan fingerprint density at radius 1 is 1.29 bits per heavy atom. The quantitative estimate of drug-likeness (QED) is 0.648. The molecule has 2 aromatic carbocycles. The van der Waals surface area contributed by atoms with Gasteiger partial charge >= 0.3 is 0 Å². The lowest BCUT2D eigenvalue weighted by Crippen LogP contribution is -2.29. The number of hydrogen-bond acceptors (Lipinski definition) is 3. The van der Waals surface area contributed by atoms with E-state index >= 15 is 0 Å². The molecular formula is C20H20N2O2. The van der Waals surface area contributed by atoms with Crippen LogP contribution in [0.3, 0.4) is 0 Å². The number of carbonyl (C=O) groups excluding carboxylic acids is 1. The first kappa shape index (κ1) is 17.3. The molecule has 2 N–H and O–H groups in total. The lowest BCUT2D eigenvalue weighted by molar-refractivity contribution is -0.117. The van der Waals surface area contributed by atoms with Crippen molar-refractivity contribution >= 4 is 12.0 Å². The summed E-state index contributed by atoms with van der Waals surface area (Å²) < 4.78 is 0. The van der Waals surface area contributed by atoms with Gasteiger partial charge in [-0.2, -0.15) is 5.26 Å². The number of phenols is 1. The largest absolute Gasteiger partial charge is 0.508 e. The molecule has 1 unspecified atom stereocenters. The van der Waals surface area contributed by atoms with Gasteiger partial charge in [0.15, 0.2) is 0 Å². The van der Waals surface area contributed by atoms with Crippen LogP contribution in [0.5, 0.6) is 5.75 Å². The number of phenolic OH excluding ortho intramolecular Hbond substituents is 1. The van der Waals surface area contributed by atoms with E-state index in [0.717, 1.165) is 17.5 Å². The Labute approximate surface area is 142 Å². The molecule has 4 nitrogen and oxygen atoms in total. The maximum absolute atomic E-state index is 12.4. The summed E-state index contributed by atoms with van der Waals surface area (Å²) in [5, 5.41) is 21.7. The number of hydrogen-bond donors (Lipinski definition) is 2. The minimum Gasteiger partial charge on any atom is -0.508 e. The van der Waals surface area contributed by atoms with Crippen molar-refractivity contribution in [2.24, 2.45) is 0 Å². The van der Waals surface area contributed by atoms with E-state index < -0.39 is 5.91 Å². The highest BCUT2D eigenvalue weighted by Gasteiger charge is 2.16. The molecule has 0 aliphatic carbocycles.